The molecule has 1 aliphatic heterocycles. The van der Waals surface area contributed by atoms with Gasteiger partial charge in [0.1, 0.15) is 6.17 Å². The lowest BCUT2D eigenvalue weighted by Crippen LogP contribution is -2.33. The van der Waals surface area contributed by atoms with Gasteiger partial charge in [-0.2, -0.15) is 5.10 Å². The molecule has 0 aliphatic carbocycles. The van der Waals surface area contributed by atoms with Gasteiger partial charge in [-0.05, 0) is 44.3 Å². The number of halogens is 1. The van der Waals surface area contributed by atoms with Gasteiger partial charge in [-0.25, -0.2) is 4.39 Å². The van der Waals surface area contributed by atoms with Crippen LogP contribution in [0.1, 0.15) is 25.3 Å². The molecule has 1 atom stereocenters. The minimum atomic E-state index is -0.711. The Hall–Kier alpha value is -0.900. The van der Waals surface area contributed by atoms with Gasteiger partial charge >= 0.3 is 0 Å². The van der Waals surface area contributed by atoms with E-state index in [-0.39, 0.29) is 5.92 Å². The van der Waals surface area contributed by atoms with Crippen LogP contribution in [0.25, 0.3) is 0 Å². The van der Waals surface area contributed by atoms with Crippen molar-refractivity contribution in [3.05, 3.63) is 18.0 Å². The molecule has 1 saturated heterocycles. The topological polar surface area (TPSA) is 29.9 Å². The van der Waals surface area contributed by atoms with Crippen LogP contribution < -0.4 is 5.32 Å². The summed E-state index contributed by atoms with van der Waals surface area (Å²) in [5.41, 5.74) is 1.02. The van der Waals surface area contributed by atoms with Gasteiger partial charge in [0.2, 0.25) is 0 Å². The molecule has 1 aliphatic rings. The van der Waals surface area contributed by atoms with Crippen LogP contribution in [0.5, 0.6) is 0 Å². The monoisotopic (exact) mass is 225 g/mol. The van der Waals surface area contributed by atoms with Gasteiger partial charge in [0, 0.05) is 19.2 Å². The Kier molecular flexibility index (Phi) is 3.93. The molecule has 1 fully saturated rings. The second-order valence-corrected chi connectivity index (χ2v) is 4.51. The fraction of sp³-hybridized carbons (Fsp3) is 0.750. The van der Waals surface area contributed by atoms with Crippen molar-refractivity contribution in [1.82, 2.24) is 15.1 Å². The zero-order chi connectivity index (χ0) is 11.4. The third kappa shape index (κ3) is 2.82. The first-order valence-electron chi connectivity index (χ1n) is 6.15. The highest BCUT2D eigenvalue weighted by Gasteiger charge is 2.23. The first-order valence-corrected chi connectivity index (χ1v) is 6.15. The number of hydrogen-bond donors (Lipinski definition) is 1. The van der Waals surface area contributed by atoms with Crippen LogP contribution in [0, 0.1) is 5.92 Å². The lowest BCUT2D eigenvalue weighted by atomic mass is 9.90. The van der Waals surface area contributed by atoms with E-state index in [0.29, 0.717) is 6.42 Å². The van der Waals surface area contributed by atoms with E-state index in [4.69, 9.17) is 0 Å². The summed E-state index contributed by atoms with van der Waals surface area (Å²) in [5, 5.41) is 7.43. The number of nitrogens with zero attached hydrogens (tertiary/aromatic N) is 2. The quantitative estimate of drug-likeness (QED) is 0.846. The van der Waals surface area contributed by atoms with Crippen molar-refractivity contribution in [3.63, 3.8) is 0 Å². The molecular weight excluding hydrogens is 205 g/mol. The SMILES string of the molecule is CCn1cc(CC(F)C2CCNCC2)cn1. The highest BCUT2D eigenvalue weighted by molar-refractivity contribution is 5.06. The molecule has 0 saturated carbocycles. The molecule has 0 aromatic carbocycles. The van der Waals surface area contributed by atoms with Gasteiger partial charge in [-0.3, -0.25) is 4.68 Å². The molecule has 16 heavy (non-hydrogen) atoms. The minimum absolute atomic E-state index is 0.228. The lowest BCUT2D eigenvalue weighted by molar-refractivity contribution is 0.187. The first-order chi connectivity index (χ1) is 7.79. The second kappa shape index (κ2) is 5.43. The Labute approximate surface area is 96.0 Å². The summed E-state index contributed by atoms with van der Waals surface area (Å²) in [7, 11) is 0. The average molecular weight is 225 g/mol. The minimum Gasteiger partial charge on any atom is -0.317 e. The van der Waals surface area contributed by atoms with Gasteiger partial charge in [-0.1, -0.05) is 0 Å². The predicted molar refractivity (Wildman–Crippen MR) is 62.1 cm³/mol. The van der Waals surface area contributed by atoms with Gasteiger partial charge in [0.25, 0.3) is 0 Å². The summed E-state index contributed by atoms with van der Waals surface area (Å²) in [5.74, 6) is 0.228. The van der Waals surface area contributed by atoms with E-state index in [1.165, 1.54) is 0 Å². The Morgan fingerprint density at radius 1 is 1.56 bits per heavy atom. The predicted octanol–water partition coefficient (Wildman–Crippen LogP) is 1.78. The Balaban J connectivity index is 1.87. The fourth-order valence-corrected chi connectivity index (χ4v) is 2.28. The fourth-order valence-electron chi connectivity index (χ4n) is 2.28. The van der Waals surface area contributed by atoms with Crippen LogP contribution in [0.15, 0.2) is 12.4 Å². The largest absolute Gasteiger partial charge is 0.317 e. The summed E-state index contributed by atoms with van der Waals surface area (Å²) in [4.78, 5) is 0. The van der Waals surface area contributed by atoms with E-state index in [2.05, 4.69) is 10.4 Å². The van der Waals surface area contributed by atoms with Crippen molar-refractivity contribution in [2.75, 3.05) is 13.1 Å². The molecule has 0 bridgehead atoms. The molecule has 0 amide bonds. The van der Waals surface area contributed by atoms with Gasteiger partial charge in [0.05, 0.1) is 6.20 Å². The summed E-state index contributed by atoms with van der Waals surface area (Å²) in [6.45, 7) is 4.80. The lowest BCUT2D eigenvalue weighted by Gasteiger charge is -2.25. The van der Waals surface area contributed by atoms with Gasteiger partial charge < -0.3 is 5.32 Å². The van der Waals surface area contributed by atoms with E-state index >= 15 is 0 Å². The molecule has 0 spiro atoms. The maximum Gasteiger partial charge on any atom is 0.107 e. The van der Waals surface area contributed by atoms with Crippen molar-refractivity contribution < 1.29 is 4.39 Å². The van der Waals surface area contributed by atoms with Crippen LogP contribution >= 0.6 is 0 Å². The Morgan fingerprint density at radius 2 is 2.31 bits per heavy atom. The Morgan fingerprint density at radius 3 is 2.94 bits per heavy atom. The van der Waals surface area contributed by atoms with Crippen LogP contribution in [0.4, 0.5) is 4.39 Å². The van der Waals surface area contributed by atoms with Crippen LogP contribution in [0.2, 0.25) is 0 Å². The normalized spacial score (nSPS) is 19.9. The number of hydrogen-bond acceptors (Lipinski definition) is 2. The van der Waals surface area contributed by atoms with Crippen LogP contribution in [-0.2, 0) is 13.0 Å². The van der Waals surface area contributed by atoms with Crippen molar-refractivity contribution in [3.8, 4) is 0 Å². The summed E-state index contributed by atoms with van der Waals surface area (Å²) < 4.78 is 15.9. The number of aromatic nitrogens is 2. The molecule has 2 rings (SSSR count). The van der Waals surface area contributed by atoms with Crippen LogP contribution in [0.3, 0.4) is 0 Å². The average Bonchev–Trinajstić information content (AvgIpc) is 2.78. The second-order valence-electron chi connectivity index (χ2n) is 4.51. The number of alkyl halides is 1. The van der Waals surface area contributed by atoms with E-state index in [9.17, 15) is 4.39 Å². The smallest absolute Gasteiger partial charge is 0.107 e. The Bertz CT molecular complexity index is 318. The summed E-state index contributed by atoms with van der Waals surface area (Å²) >= 11 is 0. The number of piperidine rings is 1. The summed E-state index contributed by atoms with van der Waals surface area (Å²) in [6, 6.07) is 0. The zero-order valence-corrected chi connectivity index (χ0v) is 9.82. The molecule has 3 nitrogen and oxygen atoms in total. The molecule has 1 aromatic heterocycles. The van der Waals surface area contributed by atoms with E-state index in [1.54, 1.807) is 6.20 Å². The molecular formula is C12H20FN3. The number of aryl methyl sites for hydroxylation is 1. The third-order valence-electron chi connectivity index (χ3n) is 3.34. The highest BCUT2D eigenvalue weighted by atomic mass is 19.1. The molecule has 4 heteroatoms. The van der Waals surface area contributed by atoms with E-state index in [1.807, 2.05) is 17.8 Å². The first kappa shape index (κ1) is 11.6. The standard InChI is InChI=1S/C12H20FN3/c1-2-16-9-10(8-15-16)7-12(13)11-3-5-14-6-4-11/h8-9,11-12,14H,2-7H2,1H3. The maximum absolute atomic E-state index is 14.0. The molecule has 2 heterocycles. The highest BCUT2D eigenvalue weighted by Crippen LogP contribution is 2.22. The van der Waals surface area contributed by atoms with Crippen molar-refractivity contribution in [1.29, 1.82) is 0 Å². The molecule has 0 radical (unpaired) electrons. The van der Waals surface area contributed by atoms with Crippen molar-refractivity contribution >= 4 is 0 Å². The van der Waals surface area contributed by atoms with Crippen molar-refractivity contribution in [2.24, 2.45) is 5.92 Å². The maximum atomic E-state index is 14.0. The van der Waals surface area contributed by atoms with Crippen molar-refractivity contribution in [2.45, 2.75) is 38.9 Å². The molecule has 90 valence electrons. The molecule has 1 aromatic rings. The van der Waals surface area contributed by atoms with E-state index < -0.39 is 6.17 Å². The van der Waals surface area contributed by atoms with E-state index in [0.717, 1.165) is 38.0 Å². The van der Waals surface area contributed by atoms with Gasteiger partial charge in [0.15, 0.2) is 0 Å². The molecule has 1 N–H and O–H groups in total. The number of rotatable bonds is 4. The zero-order valence-electron chi connectivity index (χ0n) is 9.82. The summed E-state index contributed by atoms with van der Waals surface area (Å²) in [6.07, 6.45) is 5.47. The molecule has 1 unspecified atom stereocenters. The van der Waals surface area contributed by atoms with Gasteiger partial charge in [-0.15, -0.1) is 0 Å². The third-order valence-corrected chi connectivity index (χ3v) is 3.34. The van der Waals surface area contributed by atoms with Crippen LogP contribution in [-0.4, -0.2) is 29.0 Å². The number of nitrogens with one attached hydrogen (secondary N) is 1.